The predicted molar refractivity (Wildman–Crippen MR) is 156 cm³/mol. The minimum absolute atomic E-state index is 0.852. The molecule has 0 saturated carbocycles. The molecule has 4 aromatic heterocycles. The Morgan fingerprint density at radius 2 is 0.897 bits per heavy atom. The van der Waals surface area contributed by atoms with E-state index in [1.807, 2.05) is 12.4 Å². The van der Waals surface area contributed by atoms with E-state index >= 15 is 0 Å². The molecule has 0 atom stereocenters. The van der Waals surface area contributed by atoms with E-state index in [1.165, 1.54) is 11.1 Å². The number of aromatic nitrogens is 6. The Bertz CT molecular complexity index is 1870. The first-order valence-electron chi connectivity index (χ1n) is 12.9. The van der Waals surface area contributed by atoms with Crippen molar-refractivity contribution in [3.8, 4) is 11.4 Å². The molecule has 184 valence electrons. The molecule has 0 saturated heterocycles. The smallest absolute Gasteiger partial charge is 0.148 e. The van der Waals surface area contributed by atoms with Gasteiger partial charge in [0.1, 0.15) is 23.9 Å². The number of para-hydroxylation sites is 2. The molecule has 6 heteroatoms. The van der Waals surface area contributed by atoms with Crippen molar-refractivity contribution in [2.75, 3.05) is 0 Å². The molecule has 6 nitrogen and oxygen atoms in total. The summed E-state index contributed by atoms with van der Waals surface area (Å²) < 4.78 is 4.42. The van der Waals surface area contributed by atoms with Crippen molar-refractivity contribution in [1.29, 1.82) is 0 Å². The minimum Gasteiger partial charge on any atom is -0.294 e. The molecule has 0 spiro atoms. The summed E-state index contributed by atoms with van der Waals surface area (Å²) in [5.41, 5.74) is 8.80. The first-order chi connectivity index (χ1) is 19.3. The molecule has 0 bridgehead atoms. The minimum atomic E-state index is 0.852. The van der Waals surface area contributed by atoms with Crippen LogP contribution in [0.1, 0.15) is 11.1 Å². The standard InChI is InChI=1S/C33H22N6/c1-3-7-30-26(5-1)28-18-34-20-36-32(28)38(30)24-13-9-22(10-14-24)17-23-11-15-25(16-12-23)39-31-8-4-2-6-27(31)29-19-35-21-37-33(29)39/h1-16,18-21H,17H2. The van der Waals surface area contributed by atoms with Gasteiger partial charge in [-0.15, -0.1) is 0 Å². The van der Waals surface area contributed by atoms with Crippen LogP contribution in [0.3, 0.4) is 0 Å². The van der Waals surface area contributed by atoms with Crippen molar-refractivity contribution in [3.05, 3.63) is 133 Å². The molecule has 39 heavy (non-hydrogen) atoms. The lowest BCUT2D eigenvalue weighted by Gasteiger charge is -2.10. The molecule has 4 aromatic carbocycles. The highest BCUT2D eigenvalue weighted by atomic mass is 15.1. The molecule has 0 aliphatic heterocycles. The monoisotopic (exact) mass is 502 g/mol. The van der Waals surface area contributed by atoms with Crippen LogP contribution in [-0.4, -0.2) is 29.1 Å². The molecule has 0 aliphatic rings. The summed E-state index contributed by atoms with van der Waals surface area (Å²) >= 11 is 0. The lowest BCUT2D eigenvalue weighted by atomic mass is 10.0. The van der Waals surface area contributed by atoms with Crippen molar-refractivity contribution in [2.24, 2.45) is 0 Å². The first-order valence-corrected chi connectivity index (χ1v) is 12.9. The van der Waals surface area contributed by atoms with Gasteiger partial charge in [-0.3, -0.25) is 9.13 Å². The Balaban J connectivity index is 1.12. The Hall–Kier alpha value is -5.36. The van der Waals surface area contributed by atoms with E-state index in [0.29, 0.717) is 0 Å². The molecule has 0 fully saturated rings. The van der Waals surface area contributed by atoms with Gasteiger partial charge in [0.15, 0.2) is 0 Å². The van der Waals surface area contributed by atoms with Gasteiger partial charge >= 0.3 is 0 Å². The van der Waals surface area contributed by atoms with Crippen LogP contribution in [0.5, 0.6) is 0 Å². The van der Waals surface area contributed by atoms with Crippen LogP contribution in [0.4, 0.5) is 0 Å². The fourth-order valence-electron chi connectivity index (χ4n) is 5.69. The lowest BCUT2D eigenvalue weighted by Crippen LogP contribution is -1.97. The van der Waals surface area contributed by atoms with Gasteiger partial charge in [-0.05, 0) is 53.9 Å². The largest absolute Gasteiger partial charge is 0.294 e. The summed E-state index contributed by atoms with van der Waals surface area (Å²) in [6, 6.07) is 34.3. The van der Waals surface area contributed by atoms with Crippen LogP contribution in [0, 0.1) is 0 Å². The Morgan fingerprint density at radius 3 is 1.36 bits per heavy atom. The highest BCUT2D eigenvalue weighted by molar-refractivity contribution is 6.08. The molecular formula is C33H22N6. The van der Waals surface area contributed by atoms with Crippen LogP contribution >= 0.6 is 0 Å². The zero-order valence-electron chi connectivity index (χ0n) is 20.9. The van der Waals surface area contributed by atoms with Crippen LogP contribution in [0.2, 0.25) is 0 Å². The van der Waals surface area contributed by atoms with Crippen molar-refractivity contribution in [1.82, 2.24) is 29.1 Å². The van der Waals surface area contributed by atoms with E-state index in [1.54, 1.807) is 12.7 Å². The lowest BCUT2D eigenvalue weighted by molar-refractivity contribution is 1.09. The van der Waals surface area contributed by atoms with Crippen molar-refractivity contribution in [2.45, 2.75) is 6.42 Å². The molecule has 0 aliphatic carbocycles. The number of rotatable bonds is 4. The third-order valence-electron chi connectivity index (χ3n) is 7.47. The van der Waals surface area contributed by atoms with Crippen LogP contribution in [0.25, 0.3) is 55.2 Å². The van der Waals surface area contributed by atoms with Gasteiger partial charge < -0.3 is 0 Å². The van der Waals surface area contributed by atoms with Gasteiger partial charge in [-0.1, -0.05) is 60.7 Å². The van der Waals surface area contributed by atoms with Crippen LogP contribution < -0.4 is 0 Å². The summed E-state index contributed by atoms with van der Waals surface area (Å²) in [4.78, 5) is 17.7. The molecule has 0 N–H and O–H groups in total. The zero-order valence-corrected chi connectivity index (χ0v) is 20.9. The van der Waals surface area contributed by atoms with E-state index in [2.05, 4.69) is 126 Å². The molecule has 0 radical (unpaired) electrons. The highest BCUT2D eigenvalue weighted by Crippen LogP contribution is 2.31. The zero-order chi connectivity index (χ0) is 25.8. The average molecular weight is 503 g/mol. The molecular weight excluding hydrogens is 480 g/mol. The average Bonchev–Trinajstić information content (AvgIpc) is 3.51. The number of hydrogen-bond donors (Lipinski definition) is 0. The predicted octanol–water partition coefficient (Wildman–Crippen LogP) is 7.05. The van der Waals surface area contributed by atoms with Gasteiger partial charge in [0.05, 0.1) is 11.0 Å². The highest BCUT2D eigenvalue weighted by Gasteiger charge is 2.14. The van der Waals surface area contributed by atoms with E-state index in [-0.39, 0.29) is 0 Å². The Labute approximate surface area is 223 Å². The summed E-state index contributed by atoms with van der Waals surface area (Å²) in [6.45, 7) is 0. The second kappa shape index (κ2) is 8.60. The van der Waals surface area contributed by atoms with Crippen LogP contribution in [0.15, 0.2) is 122 Å². The first kappa shape index (κ1) is 21.7. The number of hydrogen-bond acceptors (Lipinski definition) is 4. The summed E-state index contributed by atoms with van der Waals surface area (Å²) in [5.74, 6) is 0. The summed E-state index contributed by atoms with van der Waals surface area (Å²) in [7, 11) is 0. The fourth-order valence-corrected chi connectivity index (χ4v) is 5.69. The van der Waals surface area contributed by atoms with Gasteiger partial charge in [0.25, 0.3) is 0 Å². The summed E-state index contributed by atoms with van der Waals surface area (Å²) in [5, 5.41) is 4.44. The summed E-state index contributed by atoms with van der Waals surface area (Å²) in [6.07, 6.45) is 7.87. The number of benzene rings is 4. The second-order valence-corrected chi connectivity index (χ2v) is 9.73. The van der Waals surface area contributed by atoms with Crippen molar-refractivity contribution in [3.63, 3.8) is 0 Å². The van der Waals surface area contributed by atoms with Gasteiger partial charge in [-0.25, -0.2) is 19.9 Å². The number of fused-ring (bicyclic) bond motifs is 6. The van der Waals surface area contributed by atoms with Crippen molar-refractivity contribution >= 4 is 43.9 Å². The molecule has 0 amide bonds. The van der Waals surface area contributed by atoms with Crippen molar-refractivity contribution < 1.29 is 0 Å². The maximum Gasteiger partial charge on any atom is 0.148 e. The normalized spacial score (nSPS) is 11.7. The fraction of sp³-hybridized carbons (Fsp3) is 0.0303. The van der Waals surface area contributed by atoms with Gasteiger partial charge in [-0.2, -0.15) is 0 Å². The van der Waals surface area contributed by atoms with E-state index in [9.17, 15) is 0 Å². The molecule has 8 rings (SSSR count). The Kier molecular flexibility index (Phi) is 4.79. The molecule has 8 aromatic rings. The van der Waals surface area contributed by atoms with Crippen LogP contribution in [-0.2, 0) is 6.42 Å². The molecule has 0 unspecified atom stereocenters. The molecule has 4 heterocycles. The second-order valence-electron chi connectivity index (χ2n) is 9.73. The third-order valence-corrected chi connectivity index (χ3v) is 7.47. The maximum atomic E-state index is 4.59. The van der Waals surface area contributed by atoms with E-state index in [0.717, 1.165) is 61.7 Å². The van der Waals surface area contributed by atoms with Gasteiger partial charge in [0, 0.05) is 45.3 Å². The Morgan fingerprint density at radius 1 is 0.462 bits per heavy atom. The topological polar surface area (TPSA) is 61.4 Å². The SMILES string of the molecule is c1ccc2c(c1)c1cncnc1n2-c1ccc(Cc2ccc(-n3c4ccccc4c4cncnc43)cc2)cc1. The van der Waals surface area contributed by atoms with E-state index in [4.69, 9.17) is 0 Å². The van der Waals surface area contributed by atoms with Gasteiger partial charge in [0.2, 0.25) is 0 Å². The quantitative estimate of drug-likeness (QED) is 0.259. The van der Waals surface area contributed by atoms with E-state index < -0.39 is 0 Å². The maximum absolute atomic E-state index is 4.59. The number of nitrogens with zero attached hydrogens (tertiary/aromatic N) is 6. The third kappa shape index (κ3) is 3.42.